The number of halogens is 2. The topological polar surface area (TPSA) is 49.8 Å². The highest BCUT2D eigenvalue weighted by molar-refractivity contribution is 6.42. The van der Waals surface area contributed by atoms with Gasteiger partial charge in [0.05, 0.1) is 10.0 Å². The predicted molar refractivity (Wildman–Crippen MR) is 104 cm³/mol. The zero-order chi connectivity index (χ0) is 18.5. The molecule has 3 rings (SSSR count). The molecule has 2 aliphatic rings. The van der Waals surface area contributed by atoms with Crippen LogP contribution in [0.15, 0.2) is 18.2 Å². The molecule has 1 aromatic rings. The molecule has 0 radical (unpaired) electrons. The summed E-state index contributed by atoms with van der Waals surface area (Å²) in [6.45, 7) is 2.14. The van der Waals surface area contributed by atoms with E-state index in [0.717, 1.165) is 38.8 Å². The quantitative estimate of drug-likeness (QED) is 0.733. The van der Waals surface area contributed by atoms with Crippen molar-refractivity contribution in [2.75, 3.05) is 13.1 Å². The first-order valence-electron chi connectivity index (χ1n) is 9.65. The number of likely N-dealkylation sites (tertiary alicyclic amines) is 1. The first-order valence-corrected chi connectivity index (χ1v) is 10.4. The molecule has 1 heterocycles. The van der Waals surface area contributed by atoms with Crippen LogP contribution >= 0.6 is 23.2 Å². The van der Waals surface area contributed by atoms with E-state index >= 15 is 0 Å². The van der Waals surface area contributed by atoms with Crippen LogP contribution in [-0.2, 0) is 4.79 Å². The van der Waals surface area contributed by atoms with E-state index in [9.17, 15) is 9.90 Å². The minimum Gasteiger partial charge on any atom is -0.478 e. The molecule has 1 N–H and O–H groups in total. The first-order chi connectivity index (χ1) is 12.6. The molecule has 0 aromatic heterocycles. The predicted octanol–water partition coefficient (Wildman–Crippen LogP) is 5.26. The number of hydrogen-bond donors (Lipinski definition) is 1. The second-order valence-corrected chi connectivity index (χ2v) is 8.23. The van der Waals surface area contributed by atoms with Crippen LogP contribution in [0.2, 0.25) is 10.0 Å². The standard InChI is InChI=1S/C20H27Cl2NO3/c21-16-10-9-14(13-17(16)22)26-19(20(24)25)15-7-3-4-8-18(15)23-11-5-1-2-6-12-23/h9-10,13,15,18-19H,1-8,11-12H2,(H,24,25). The maximum Gasteiger partial charge on any atom is 0.345 e. The van der Waals surface area contributed by atoms with Gasteiger partial charge in [-0.25, -0.2) is 4.79 Å². The minimum absolute atomic E-state index is 0.00574. The lowest BCUT2D eigenvalue weighted by Crippen LogP contribution is -2.51. The Morgan fingerprint density at radius 1 is 1.04 bits per heavy atom. The number of rotatable bonds is 5. The van der Waals surface area contributed by atoms with Crippen molar-refractivity contribution in [2.45, 2.75) is 63.5 Å². The Labute approximate surface area is 165 Å². The van der Waals surface area contributed by atoms with Gasteiger partial charge in [0.2, 0.25) is 0 Å². The Bertz CT molecular complexity index is 617. The van der Waals surface area contributed by atoms with Gasteiger partial charge in [-0.3, -0.25) is 4.90 Å². The Kier molecular flexibility index (Phi) is 7.07. The Balaban J connectivity index is 1.79. The van der Waals surface area contributed by atoms with Gasteiger partial charge in [0.25, 0.3) is 0 Å². The zero-order valence-electron chi connectivity index (χ0n) is 15.0. The van der Waals surface area contributed by atoms with Gasteiger partial charge >= 0.3 is 5.97 Å². The summed E-state index contributed by atoms with van der Waals surface area (Å²) in [7, 11) is 0. The van der Waals surface area contributed by atoms with Crippen LogP contribution < -0.4 is 4.74 Å². The van der Waals surface area contributed by atoms with E-state index in [1.165, 1.54) is 25.7 Å². The Hall–Kier alpha value is -0.970. The number of ether oxygens (including phenoxy) is 1. The van der Waals surface area contributed by atoms with Crippen molar-refractivity contribution in [3.63, 3.8) is 0 Å². The maximum atomic E-state index is 12.0. The average Bonchev–Trinajstić information content (AvgIpc) is 2.92. The number of carboxylic acid groups (broad SMARTS) is 1. The van der Waals surface area contributed by atoms with E-state index < -0.39 is 12.1 Å². The van der Waals surface area contributed by atoms with Crippen molar-refractivity contribution < 1.29 is 14.6 Å². The van der Waals surface area contributed by atoms with Crippen LogP contribution in [0, 0.1) is 5.92 Å². The van der Waals surface area contributed by atoms with Gasteiger partial charge in [-0.15, -0.1) is 0 Å². The fourth-order valence-electron chi connectivity index (χ4n) is 4.39. The Morgan fingerprint density at radius 3 is 2.38 bits per heavy atom. The fraction of sp³-hybridized carbons (Fsp3) is 0.650. The SMILES string of the molecule is O=C(O)C(Oc1ccc(Cl)c(Cl)c1)C1CCCCC1N1CCCCCC1. The van der Waals surface area contributed by atoms with Crippen LogP contribution in [0.1, 0.15) is 51.4 Å². The number of carbonyl (C=O) groups is 1. The van der Waals surface area contributed by atoms with Crippen molar-refractivity contribution in [2.24, 2.45) is 5.92 Å². The van der Waals surface area contributed by atoms with Crippen LogP contribution in [0.4, 0.5) is 0 Å². The third kappa shape index (κ3) is 4.85. The number of hydrogen-bond acceptors (Lipinski definition) is 3. The van der Waals surface area contributed by atoms with Crippen LogP contribution in [0.25, 0.3) is 0 Å². The highest BCUT2D eigenvalue weighted by atomic mass is 35.5. The van der Waals surface area contributed by atoms with E-state index in [2.05, 4.69) is 4.90 Å². The molecule has 0 bridgehead atoms. The van der Waals surface area contributed by atoms with E-state index in [-0.39, 0.29) is 12.0 Å². The lowest BCUT2D eigenvalue weighted by molar-refractivity contribution is -0.150. The summed E-state index contributed by atoms with van der Waals surface area (Å²) in [5, 5.41) is 10.7. The summed E-state index contributed by atoms with van der Waals surface area (Å²) in [5.41, 5.74) is 0. The molecule has 1 aromatic carbocycles. The lowest BCUT2D eigenvalue weighted by Gasteiger charge is -2.41. The molecule has 1 aliphatic heterocycles. The third-order valence-corrected chi connectivity index (χ3v) is 6.42. The molecule has 3 atom stereocenters. The van der Waals surface area contributed by atoms with Crippen molar-refractivity contribution in [1.82, 2.24) is 4.90 Å². The van der Waals surface area contributed by atoms with Crippen molar-refractivity contribution >= 4 is 29.2 Å². The van der Waals surface area contributed by atoms with Gasteiger partial charge in [0.15, 0.2) is 6.10 Å². The lowest BCUT2D eigenvalue weighted by atomic mass is 9.79. The fourth-order valence-corrected chi connectivity index (χ4v) is 4.68. The summed E-state index contributed by atoms with van der Waals surface area (Å²) in [6.07, 6.45) is 8.26. The van der Waals surface area contributed by atoms with Gasteiger partial charge in [-0.1, -0.05) is 48.9 Å². The number of nitrogens with zero attached hydrogens (tertiary/aromatic N) is 1. The molecule has 1 saturated carbocycles. The molecule has 0 amide bonds. The normalized spacial score (nSPS) is 26.1. The molecule has 144 valence electrons. The van der Waals surface area contributed by atoms with Gasteiger partial charge in [-0.05, 0) is 50.9 Å². The van der Waals surface area contributed by atoms with E-state index in [0.29, 0.717) is 15.8 Å². The van der Waals surface area contributed by atoms with Crippen LogP contribution in [0.3, 0.4) is 0 Å². The summed E-state index contributed by atoms with van der Waals surface area (Å²) in [4.78, 5) is 14.6. The summed E-state index contributed by atoms with van der Waals surface area (Å²) < 4.78 is 5.93. The second kappa shape index (κ2) is 9.29. The van der Waals surface area contributed by atoms with Crippen molar-refractivity contribution in [1.29, 1.82) is 0 Å². The molecule has 3 unspecified atom stereocenters. The van der Waals surface area contributed by atoms with Gasteiger partial charge in [0, 0.05) is 18.0 Å². The van der Waals surface area contributed by atoms with E-state index in [4.69, 9.17) is 27.9 Å². The van der Waals surface area contributed by atoms with Crippen LogP contribution in [0.5, 0.6) is 5.75 Å². The third-order valence-electron chi connectivity index (χ3n) is 5.68. The average molecular weight is 400 g/mol. The largest absolute Gasteiger partial charge is 0.478 e. The molecular weight excluding hydrogens is 373 g/mol. The summed E-state index contributed by atoms with van der Waals surface area (Å²) in [6, 6.07) is 5.22. The number of benzene rings is 1. The van der Waals surface area contributed by atoms with Crippen molar-refractivity contribution in [3.8, 4) is 5.75 Å². The van der Waals surface area contributed by atoms with E-state index in [1.54, 1.807) is 18.2 Å². The zero-order valence-corrected chi connectivity index (χ0v) is 16.5. The maximum absolute atomic E-state index is 12.0. The van der Waals surface area contributed by atoms with Crippen LogP contribution in [-0.4, -0.2) is 41.2 Å². The molecule has 0 spiro atoms. The van der Waals surface area contributed by atoms with E-state index in [1.807, 2.05) is 0 Å². The van der Waals surface area contributed by atoms with Gasteiger partial charge in [-0.2, -0.15) is 0 Å². The second-order valence-electron chi connectivity index (χ2n) is 7.42. The van der Waals surface area contributed by atoms with Crippen molar-refractivity contribution in [3.05, 3.63) is 28.2 Å². The molecule has 1 saturated heterocycles. The monoisotopic (exact) mass is 399 g/mol. The highest BCUT2D eigenvalue weighted by Gasteiger charge is 2.40. The molecular formula is C20H27Cl2NO3. The summed E-state index contributed by atoms with van der Waals surface area (Å²) in [5.74, 6) is -0.441. The smallest absolute Gasteiger partial charge is 0.345 e. The number of aliphatic carboxylic acids is 1. The molecule has 1 aliphatic carbocycles. The molecule has 4 nitrogen and oxygen atoms in total. The highest BCUT2D eigenvalue weighted by Crippen LogP contribution is 2.35. The summed E-state index contributed by atoms with van der Waals surface area (Å²) >= 11 is 12.0. The number of carboxylic acids is 1. The van der Waals surface area contributed by atoms with Gasteiger partial charge in [0.1, 0.15) is 5.75 Å². The van der Waals surface area contributed by atoms with Gasteiger partial charge < -0.3 is 9.84 Å². The minimum atomic E-state index is -0.900. The molecule has 26 heavy (non-hydrogen) atoms. The first kappa shape index (κ1) is 19.8. The molecule has 6 heteroatoms. The molecule has 2 fully saturated rings. The Morgan fingerprint density at radius 2 is 1.73 bits per heavy atom.